The van der Waals surface area contributed by atoms with Gasteiger partial charge in [0.05, 0.1) is 6.04 Å². The van der Waals surface area contributed by atoms with E-state index < -0.39 is 0 Å². The second-order valence-corrected chi connectivity index (χ2v) is 10.3. The van der Waals surface area contributed by atoms with Gasteiger partial charge in [0, 0.05) is 24.8 Å². The molecule has 0 amide bonds. The molecule has 2 heterocycles. The van der Waals surface area contributed by atoms with E-state index in [4.69, 9.17) is 0 Å². The topological polar surface area (TPSA) is 47.5 Å². The Kier molecular flexibility index (Phi) is 6.92. The maximum absolute atomic E-state index is 9.73. The number of likely N-dealkylation sites (tertiary alicyclic amines) is 1. The summed E-state index contributed by atoms with van der Waals surface area (Å²) in [4.78, 5) is 2.63. The Morgan fingerprint density at radius 1 is 1.16 bits per heavy atom. The molecule has 2 aliphatic heterocycles. The van der Waals surface area contributed by atoms with Crippen LogP contribution in [0.3, 0.4) is 0 Å². The Hall–Kier alpha value is -2.30. The van der Waals surface area contributed by atoms with Crippen LogP contribution in [0.25, 0.3) is 0 Å². The Bertz CT molecular complexity index is 916. The van der Waals surface area contributed by atoms with Gasteiger partial charge in [-0.25, -0.2) is 0 Å². The molecular weight excluding hydrogens is 394 g/mol. The molecule has 0 unspecified atom stereocenters. The second kappa shape index (κ2) is 9.68. The zero-order valence-electron chi connectivity index (χ0n) is 19.9. The third kappa shape index (κ3) is 5.19. The van der Waals surface area contributed by atoms with E-state index in [9.17, 15) is 5.11 Å². The molecule has 1 saturated heterocycles. The van der Waals surface area contributed by atoms with E-state index in [2.05, 4.69) is 73.2 Å². The number of nitrogens with zero attached hydrogens (tertiary/aromatic N) is 1. The predicted molar refractivity (Wildman–Crippen MR) is 133 cm³/mol. The summed E-state index contributed by atoms with van der Waals surface area (Å²) < 4.78 is 0. The molecule has 0 saturated carbocycles. The lowest BCUT2D eigenvalue weighted by atomic mass is 9.74. The van der Waals surface area contributed by atoms with Crippen LogP contribution in [0.15, 0.2) is 60.8 Å². The second-order valence-electron chi connectivity index (χ2n) is 10.3. The minimum atomic E-state index is 0.219. The summed E-state index contributed by atoms with van der Waals surface area (Å²) in [5, 5.41) is 17.1. The number of hydrogen-bond acceptors (Lipinski definition) is 4. The first kappa shape index (κ1) is 22.9. The molecule has 2 aromatic rings. The third-order valence-corrected chi connectivity index (χ3v) is 7.63. The van der Waals surface area contributed by atoms with Gasteiger partial charge in [0.2, 0.25) is 0 Å². The first-order valence-corrected chi connectivity index (χ1v) is 12.1. The van der Waals surface area contributed by atoms with Crippen LogP contribution in [0.1, 0.15) is 50.3 Å². The highest BCUT2D eigenvalue weighted by Gasteiger charge is 2.33. The Morgan fingerprint density at radius 2 is 1.88 bits per heavy atom. The van der Waals surface area contributed by atoms with Crippen LogP contribution < -0.4 is 10.6 Å². The average Bonchev–Trinajstić information content (AvgIpc) is 2.80. The normalized spacial score (nSPS) is 21.7. The van der Waals surface area contributed by atoms with Gasteiger partial charge in [0.15, 0.2) is 0 Å². The fraction of sp³-hybridized carbons (Fsp3) is 0.500. The number of piperidine rings is 1. The van der Waals surface area contributed by atoms with Crippen molar-refractivity contribution < 1.29 is 5.11 Å². The van der Waals surface area contributed by atoms with Gasteiger partial charge >= 0.3 is 0 Å². The van der Waals surface area contributed by atoms with Gasteiger partial charge in [0.1, 0.15) is 5.75 Å². The van der Waals surface area contributed by atoms with Crippen LogP contribution in [0.2, 0.25) is 0 Å². The van der Waals surface area contributed by atoms with Crippen molar-refractivity contribution in [3.63, 3.8) is 0 Å². The monoisotopic (exact) mass is 433 g/mol. The number of rotatable bonds is 7. The summed E-state index contributed by atoms with van der Waals surface area (Å²) in [6, 6.07) is 17.3. The van der Waals surface area contributed by atoms with Crippen LogP contribution in [-0.4, -0.2) is 41.7 Å². The van der Waals surface area contributed by atoms with E-state index >= 15 is 0 Å². The SMILES string of the molecule is C=C(N[C@H](CN1CCC(C)(c2ccccc2)CC1)C(C)C)[C@H]1Cc2ccc(O)cc2CN1. The molecule has 0 bridgehead atoms. The van der Waals surface area contributed by atoms with E-state index in [1.54, 1.807) is 6.07 Å². The zero-order chi connectivity index (χ0) is 22.7. The van der Waals surface area contributed by atoms with Crippen molar-refractivity contribution in [1.29, 1.82) is 0 Å². The lowest BCUT2D eigenvalue weighted by molar-refractivity contribution is 0.146. The molecule has 0 aliphatic carbocycles. The molecule has 3 N–H and O–H groups in total. The number of fused-ring (bicyclic) bond motifs is 1. The Balaban J connectivity index is 1.33. The standard InChI is InChI=1S/C28H39N3O/c1-20(2)27(19-31-14-12-28(4,13-15-31)24-8-6-5-7-9-24)30-21(3)26-17-22-10-11-25(32)16-23(22)18-29-26/h5-11,16,20,26-27,29-30,32H,3,12-15,17-19H2,1-2,4H3/t26-,27-/m1/s1. The molecule has 1 fully saturated rings. The minimum Gasteiger partial charge on any atom is -0.508 e. The van der Waals surface area contributed by atoms with E-state index in [1.165, 1.54) is 29.5 Å². The van der Waals surface area contributed by atoms with Crippen LogP contribution in [0.5, 0.6) is 5.75 Å². The van der Waals surface area contributed by atoms with Crippen molar-refractivity contribution >= 4 is 0 Å². The molecule has 2 atom stereocenters. The summed E-state index contributed by atoms with van der Waals surface area (Å²) in [5.74, 6) is 0.868. The highest BCUT2D eigenvalue weighted by molar-refractivity contribution is 5.38. The van der Waals surface area contributed by atoms with Crippen molar-refractivity contribution in [3.8, 4) is 5.75 Å². The summed E-state index contributed by atoms with van der Waals surface area (Å²) >= 11 is 0. The van der Waals surface area contributed by atoms with E-state index in [-0.39, 0.29) is 11.5 Å². The molecular formula is C28H39N3O. The minimum absolute atomic E-state index is 0.219. The number of nitrogens with one attached hydrogen (secondary N) is 2. The highest BCUT2D eigenvalue weighted by Crippen LogP contribution is 2.35. The molecule has 172 valence electrons. The first-order chi connectivity index (χ1) is 15.3. The fourth-order valence-electron chi connectivity index (χ4n) is 5.15. The van der Waals surface area contributed by atoms with Crippen LogP contribution >= 0.6 is 0 Å². The molecule has 4 heteroatoms. The van der Waals surface area contributed by atoms with Gasteiger partial charge in [0.25, 0.3) is 0 Å². The van der Waals surface area contributed by atoms with Gasteiger partial charge in [-0.1, -0.05) is 63.7 Å². The first-order valence-electron chi connectivity index (χ1n) is 12.1. The summed E-state index contributed by atoms with van der Waals surface area (Å²) in [5.41, 5.74) is 5.32. The average molecular weight is 434 g/mol. The largest absolute Gasteiger partial charge is 0.508 e. The van der Waals surface area contributed by atoms with E-state index in [1.807, 2.05) is 12.1 Å². The molecule has 0 radical (unpaired) electrons. The van der Waals surface area contributed by atoms with Gasteiger partial charge in [-0.05, 0) is 72.5 Å². The maximum atomic E-state index is 9.73. The van der Waals surface area contributed by atoms with Crippen LogP contribution in [0, 0.1) is 5.92 Å². The molecule has 2 aromatic carbocycles. The third-order valence-electron chi connectivity index (χ3n) is 7.63. The maximum Gasteiger partial charge on any atom is 0.115 e. The van der Waals surface area contributed by atoms with Crippen molar-refractivity contribution in [2.24, 2.45) is 5.92 Å². The van der Waals surface area contributed by atoms with Crippen molar-refractivity contribution in [3.05, 3.63) is 77.5 Å². The Labute approximate surface area is 193 Å². The quantitative estimate of drug-likeness (QED) is 0.598. The molecule has 0 aromatic heterocycles. The number of phenols is 1. The number of phenolic OH excluding ortho intramolecular Hbond substituents is 1. The molecule has 4 nitrogen and oxygen atoms in total. The lowest BCUT2D eigenvalue weighted by Gasteiger charge is -2.42. The summed E-state index contributed by atoms with van der Waals surface area (Å²) in [7, 11) is 0. The van der Waals surface area contributed by atoms with Crippen molar-refractivity contribution in [1.82, 2.24) is 15.5 Å². The summed E-state index contributed by atoms with van der Waals surface area (Å²) in [6.07, 6.45) is 3.32. The van der Waals surface area contributed by atoms with Gasteiger partial charge in [-0.2, -0.15) is 0 Å². The molecule has 4 rings (SSSR count). The van der Waals surface area contributed by atoms with Crippen LogP contribution in [-0.2, 0) is 18.4 Å². The van der Waals surface area contributed by atoms with E-state index in [0.717, 1.165) is 38.3 Å². The smallest absolute Gasteiger partial charge is 0.115 e. The fourth-order valence-corrected chi connectivity index (χ4v) is 5.15. The highest BCUT2D eigenvalue weighted by atomic mass is 16.3. The van der Waals surface area contributed by atoms with Gasteiger partial charge < -0.3 is 20.6 Å². The van der Waals surface area contributed by atoms with E-state index in [0.29, 0.717) is 17.7 Å². The molecule has 32 heavy (non-hydrogen) atoms. The number of benzene rings is 2. The lowest BCUT2D eigenvalue weighted by Crippen LogP contribution is -2.51. The zero-order valence-corrected chi connectivity index (χ0v) is 19.9. The van der Waals surface area contributed by atoms with Gasteiger partial charge in [-0.15, -0.1) is 0 Å². The number of aromatic hydroxyl groups is 1. The van der Waals surface area contributed by atoms with Crippen molar-refractivity contribution in [2.75, 3.05) is 19.6 Å². The molecule has 0 spiro atoms. The predicted octanol–water partition coefficient (Wildman–Crippen LogP) is 4.59. The Morgan fingerprint density at radius 3 is 2.56 bits per heavy atom. The van der Waals surface area contributed by atoms with Crippen LogP contribution in [0.4, 0.5) is 0 Å². The molecule has 2 aliphatic rings. The van der Waals surface area contributed by atoms with Gasteiger partial charge in [-0.3, -0.25) is 0 Å². The number of hydrogen-bond donors (Lipinski definition) is 3. The summed E-state index contributed by atoms with van der Waals surface area (Å²) in [6.45, 7) is 15.5. The van der Waals surface area contributed by atoms with Crippen molar-refractivity contribution in [2.45, 2.75) is 64.1 Å².